The quantitative estimate of drug-likeness (QED) is 0.561. The molecule has 0 saturated heterocycles. The molecule has 2 aromatic heterocycles. The van der Waals surface area contributed by atoms with Gasteiger partial charge < -0.3 is 5.32 Å². The minimum atomic E-state index is -0.477. The summed E-state index contributed by atoms with van der Waals surface area (Å²) in [6.07, 6.45) is 1.72. The van der Waals surface area contributed by atoms with Gasteiger partial charge in [0.15, 0.2) is 11.5 Å². The Morgan fingerprint density at radius 3 is 2.58 bits per heavy atom. The van der Waals surface area contributed by atoms with Crippen LogP contribution in [-0.4, -0.2) is 19.7 Å². The Hall–Kier alpha value is -2.99. The summed E-state index contributed by atoms with van der Waals surface area (Å²) >= 11 is 5.91. The maximum atomic E-state index is 13.5. The van der Waals surface area contributed by atoms with E-state index in [4.69, 9.17) is 11.6 Å². The fourth-order valence-electron chi connectivity index (χ4n) is 2.66. The molecule has 4 aromatic rings. The highest BCUT2D eigenvalue weighted by molar-refractivity contribution is 6.31. The Morgan fingerprint density at radius 2 is 1.85 bits per heavy atom. The Labute approximate surface area is 154 Å². The molecule has 0 unspecified atom stereocenters. The zero-order valence-corrected chi connectivity index (χ0v) is 14.9. The van der Waals surface area contributed by atoms with Gasteiger partial charge in [0.1, 0.15) is 11.6 Å². The number of benzene rings is 2. The number of anilines is 2. The van der Waals surface area contributed by atoms with Crippen molar-refractivity contribution in [3.05, 3.63) is 65.1 Å². The number of hydrogen-bond donors (Lipinski definition) is 1. The summed E-state index contributed by atoms with van der Waals surface area (Å²) in [7, 11) is 1.81. The molecule has 7 heteroatoms. The molecule has 26 heavy (non-hydrogen) atoms. The highest BCUT2D eigenvalue weighted by Gasteiger charge is 2.14. The third-order valence-corrected chi connectivity index (χ3v) is 4.37. The van der Waals surface area contributed by atoms with Gasteiger partial charge in [-0.2, -0.15) is 5.10 Å². The van der Waals surface area contributed by atoms with Crippen LogP contribution in [0.5, 0.6) is 0 Å². The Bertz CT molecular complexity index is 1110. The first kappa shape index (κ1) is 16.5. The Morgan fingerprint density at radius 1 is 1.08 bits per heavy atom. The first-order chi connectivity index (χ1) is 12.5. The van der Waals surface area contributed by atoms with Crippen molar-refractivity contribution in [1.82, 2.24) is 19.7 Å². The Kier molecular flexibility index (Phi) is 4.05. The third kappa shape index (κ3) is 2.99. The first-order valence-corrected chi connectivity index (χ1v) is 8.38. The van der Waals surface area contributed by atoms with E-state index in [1.165, 1.54) is 17.7 Å². The molecule has 0 aliphatic carbocycles. The summed E-state index contributed by atoms with van der Waals surface area (Å²) < 4.78 is 15.2. The molecule has 0 aliphatic heterocycles. The zero-order chi connectivity index (χ0) is 18.3. The highest BCUT2D eigenvalue weighted by atomic mass is 35.5. The van der Waals surface area contributed by atoms with Gasteiger partial charge in [0, 0.05) is 18.3 Å². The summed E-state index contributed by atoms with van der Waals surface area (Å²) in [5, 5.41) is 8.41. The van der Waals surface area contributed by atoms with Gasteiger partial charge in [0.25, 0.3) is 0 Å². The maximum absolute atomic E-state index is 13.5. The summed E-state index contributed by atoms with van der Waals surface area (Å²) in [6.45, 7) is 2.03. The smallest absolute Gasteiger partial charge is 0.164 e. The predicted octanol–water partition coefficient (Wildman–Crippen LogP) is 4.87. The predicted molar refractivity (Wildman–Crippen MR) is 101 cm³/mol. The van der Waals surface area contributed by atoms with Crippen LogP contribution >= 0.6 is 11.6 Å². The molecule has 0 radical (unpaired) electrons. The summed E-state index contributed by atoms with van der Waals surface area (Å²) in [4.78, 5) is 9.18. The van der Waals surface area contributed by atoms with E-state index in [1.54, 1.807) is 16.9 Å². The van der Waals surface area contributed by atoms with Gasteiger partial charge in [-0.05, 0) is 37.3 Å². The molecule has 1 N–H and O–H groups in total. The second-order valence-electron chi connectivity index (χ2n) is 6.02. The van der Waals surface area contributed by atoms with E-state index in [2.05, 4.69) is 20.4 Å². The largest absolute Gasteiger partial charge is 0.339 e. The molecule has 0 saturated carbocycles. The van der Waals surface area contributed by atoms with Crippen LogP contribution in [0.3, 0.4) is 0 Å². The maximum Gasteiger partial charge on any atom is 0.164 e. The van der Waals surface area contributed by atoms with Crippen molar-refractivity contribution in [2.75, 3.05) is 5.32 Å². The summed E-state index contributed by atoms with van der Waals surface area (Å²) in [5.41, 5.74) is 3.38. The van der Waals surface area contributed by atoms with E-state index >= 15 is 0 Å². The molecule has 0 spiro atoms. The van der Waals surface area contributed by atoms with Gasteiger partial charge in [-0.15, -0.1) is 0 Å². The van der Waals surface area contributed by atoms with E-state index in [9.17, 15) is 4.39 Å². The molecule has 0 atom stereocenters. The van der Waals surface area contributed by atoms with Crippen molar-refractivity contribution < 1.29 is 4.39 Å². The number of rotatable bonds is 3. The molecule has 0 fully saturated rings. The van der Waals surface area contributed by atoms with Crippen LogP contribution in [0, 0.1) is 12.7 Å². The molecular weight excluding hydrogens is 353 g/mol. The molecule has 2 heterocycles. The van der Waals surface area contributed by atoms with Gasteiger partial charge >= 0.3 is 0 Å². The molecule has 0 bridgehead atoms. The third-order valence-electron chi connectivity index (χ3n) is 4.08. The number of halogens is 2. The van der Waals surface area contributed by atoms with E-state index in [0.717, 1.165) is 11.1 Å². The number of aryl methyl sites for hydroxylation is 2. The fraction of sp³-hybridized carbons (Fsp3) is 0.105. The SMILES string of the molecule is Cc1ccc(Nc2nc(-c3ccc(F)c(Cl)c3)nc3c2cnn3C)cc1. The molecule has 2 aromatic carbocycles. The normalized spacial score (nSPS) is 11.1. The van der Waals surface area contributed by atoms with Crippen LogP contribution < -0.4 is 5.32 Å². The molecule has 0 amide bonds. The number of aromatic nitrogens is 4. The lowest BCUT2D eigenvalue weighted by Gasteiger charge is -2.10. The van der Waals surface area contributed by atoms with Gasteiger partial charge in [-0.25, -0.2) is 14.4 Å². The average Bonchev–Trinajstić information content (AvgIpc) is 3.01. The van der Waals surface area contributed by atoms with Crippen LogP contribution in [0.4, 0.5) is 15.9 Å². The summed E-state index contributed by atoms with van der Waals surface area (Å²) in [6, 6.07) is 12.4. The van der Waals surface area contributed by atoms with Crippen LogP contribution in [0.15, 0.2) is 48.7 Å². The number of fused-ring (bicyclic) bond motifs is 1. The molecule has 130 valence electrons. The lowest BCUT2D eigenvalue weighted by atomic mass is 10.2. The lowest BCUT2D eigenvalue weighted by molar-refractivity contribution is 0.628. The van der Waals surface area contributed by atoms with Crippen molar-refractivity contribution in [2.45, 2.75) is 6.92 Å². The highest BCUT2D eigenvalue weighted by Crippen LogP contribution is 2.28. The van der Waals surface area contributed by atoms with E-state index < -0.39 is 5.82 Å². The number of nitrogens with zero attached hydrogens (tertiary/aromatic N) is 4. The molecule has 4 rings (SSSR count). The molecular formula is C19H15ClFN5. The van der Waals surface area contributed by atoms with Crippen molar-refractivity contribution >= 4 is 34.1 Å². The minimum absolute atomic E-state index is 0.0317. The zero-order valence-electron chi connectivity index (χ0n) is 14.2. The minimum Gasteiger partial charge on any atom is -0.339 e. The monoisotopic (exact) mass is 367 g/mol. The van der Waals surface area contributed by atoms with E-state index in [0.29, 0.717) is 22.9 Å². The summed E-state index contributed by atoms with van der Waals surface area (Å²) in [5.74, 6) is 0.593. The van der Waals surface area contributed by atoms with Gasteiger partial charge in [-0.3, -0.25) is 4.68 Å². The van der Waals surface area contributed by atoms with E-state index in [-0.39, 0.29) is 5.02 Å². The van der Waals surface area contributed by atoms with Crippen molar-refractivity contribution in [3.63, 3.8) is 0 Å². The second kappa shape index (κ2) is 6.38. The lowest BCUT2D eigenvalue weighted by Crippen LogP contribution is -2.01. The fourth-order valence-corrected chi connectivity index (χ4v) is 2.84. The van der Waals surface area contributed by atoms with Crippen LogP contribution in [0.25, 0.3) is 22.4 Å². The second-order valence-corrected chi connectivity index (χ2v) is 6.43. The van der Waals surface area contributed by atoms with Gasteiger partial charge in [0.05, 0.1) is 16.6 Å². The standard InChI is InChI=1S/C19H15ClFN5/c1-11-3-6-13(7-4-11)23-18-14-10-22-26(2)19(14)25-17(24-18)12-5-8-16(21)15(20)9-12/h3-10H,1-2H3,(H,23,24,25). The van der Waals surface area contributed by atoms with E-state index in [1.807, 2.05) is 38.2 Å². The van der Waals surface area contributed by atoms with Crippen molar-refractivity contribution in [1.29, 1.82) is 0 Å². The Balaban J connectivity index is 1.85. The van der Waals surface area contributed by atoms with Gasteiger partial charge in [-0.1, -0.05) is 29.3 Å². The average molecular weight is 368 g/mol. The van der Waals surface area contributed by atoms with Crippen molar-refractivity contribution in [2.24, 2.45) is 7.05 Å². The molecule has 0 aliphatic rings. The topological polar surface area (TPSA) is 55.6 Å². The van der Waals surface area contributed by atoms with Crippen LogP contribution in [-0.2, 0) is 7.05 Å². The molecule has 5 nitrogen and oxygen atoms in total. The van der Waals surface area contributed by atoms with Crippen LogP contribution in [0.2, 0.25) is 5.02 Å². The first-order valence-electron chi connectivity index (χ1n) is 8.00. The number of hydrogen-bond acceptors (Lipinski definition) is 4. The number of nitrogens with one attached hydrogen (secondary N) is 1. The van der Waals surface area contributed by atoms with Gasteiger partial charge in [0.2, 0.25) is 0 Å². The van der Waals surface area contributed by atoms with Crippen LogP contribution in [0.1, 0.15) is 5.56 Å². The van der Waals surface area contributed by atoms with Crippen molar-refractivity contribution in [3.8, 4) is 11.4 Å².